The number of anilines is 1. The van der Waals surface area contributed by atoms with Crippen LogP contribution in [0.15, 0.2) is 46.0 Å². The molecule has 0 saturated carbocycles. The van der Waals surface area contributed by atoms with E-state index in [1.54, 1.807) is 0 Å². The van der Waals surface area contributed by atoms with Gasteiger partial charge in [0.1, 0.15) is 0 Å². The summed E-state index contributed by atoms with van der Waals surface area (Å²) in [6.45, 7) is 4.81. The molecule has 0 atom stereocenters. The van der Waals surface area contributed by atoms with E-state index in [0.29, 0.717) is 0 Å². The maximum Gasteiger partial charge on any atom is 0.170 e. The summed E-state index contributed by atoms with van der Waals surface area (Å²) in [6.07, 6.45) is 0. The van der Waals surface area contributed by atoms with Crippen molar-refractivity contribution in [2.45, 2.75) is 20.4 Å². The van der Waals surface area contributed by atoms with Crippen molar-refractivity contribution in [1.29, 1.82) is 0 Å². The van der Waals surface area contributed by atoms with E-state index in [1.165, 1.54) is 11.1 Å². The van der Waals surface area contributed by atoms with Crippen LogP contribution in [0.3, 0.4) is 0 Å². The zero-order valence-electron chi connectivity index (χ0n) is 12.0. The Balaban J connectivity index is 2.15. The summed E-state index contributed by atoms with van der Waals surface area (Å²) in [7, 11) is 0. The van der Waals surface area contributed by atoms with E-state index in [4.69, 9.17) is 10.9 Å². The van der Waals surface area contributed by atoms with Crippen molar-refractivity contribution in [3.63, 3.8) is 0 Å². The third-order valence-electron chi connectivity index (χ3n) is 3.42. The number of amidine groups is 1. The second-order valence-corrected chi connectivity index (χ2v) is 5.85. The summed E-state index contributed by atoms with van der Waals surface area (Å²) in [5.74, 6) is 0.125. The highest BCUT2D eigenvalue weighted by atomic mass is 79.9. The fraction of sp³-hybridized carbons (Fsp3) is 0.188. The van der Waals surface area contributed by atoms with Gasteiger partial charge < -0.3 is 16.3 Å². The number of aryl methyl sites for hydroxylation is 2. The van der Waals surface area contributed by atoms with Crippen molar-refractivity contribution in [2.24, 2.45) is 10.9 Å². The lowest BCUT2D eigenvalue weighted by atomic mass is 10.0. The molecule has 0 aliphatic carbocycles. The molecule has 0 unspecified atom stereocenters. The second kappa shape index (κ2) is 6.63. The maximum absolute atomic E-state index is 8.70. The molecule has 4 nitrogen and oxygen atoms in total. The van der Waals surface area contributed by atoms with Gasteiger partial charge in [0.05, 0.1) is 0 Å². The quantitative estimate of drug-likeness (QED) is 0.341. The molecular weight excluding hydrogens is 330 g/mol. The molecule has 0 aliphatic heterocycles. The third kappa shape index (κ3) is 3.76. The van der Waals surface area contributed by atoms with Gasteiger partial charge in [-0.25, -0.2) is 0 Å². The van der Waals surface area contributed by atoms with Gasteiger partial charge in [0.25, 0.3) is 0 Å². The number of hydrogen-bond donors (Lipinski definition) is 3. The number of rotatable bonds is 4. The van der Waals surface area contributed by atoms with Crippen molar-refractivity contribution in [3.05, 3.63) is 63.1 Å². The summed E-state index contributed by atoms with van der Waals surface area (Å²) in [5, 5.41) is 15.2. The summed E-state index contributed by atoms with van der Waals surface area (Å²) in [6, 6.07) is 11.9. The van der Waals surface area contributed by atoms with Crippen molar-refractivity contribution < 1.29 is 5.21 Å². The Bertz CT molecular complexity index is 683. The number of nitrogens with one attached hydrogen (secondary N) is 1. The first kappa shape index (κ1) is 15.4. The largest absolute Gasteiger partial charge is 0.409 e. The lowest BCUT2D eigenvalue weighted by Crippen LogP contribution is -2.13. The molecule has 2 rings (SSSR count). The normalized spacial score (nSPS) is 11.5. The maximum atomic E-state index is 8.70. The molecule has 0 aromatic heterocycles. The van der Waals surface area contributed by atoms with Gasteiger partial charge in [0.2, 0.25) is 0 Å². The molecule has 2 aromatic carbocycles. The summed E-state index contributed by atoms with van der Waals surface area (Å²) in [5.41, 5.74) is 10.9. The molecule has 0 fully saturated rings. The number of nitrogens with zero attached hydrogens (tertiary/aromatic N) is 1. The predicted octanol–water partition coefficient (Wildman–Crippen LogP) is 3.77. The van der Waals surface area contributed by atoms with Crippen LogP contribution in [0.5, 0.6) is 0 Å². The average molecular weight is 348 g/mol. The molecule has 0 spiro atoms. The standard InChI is InChI=1S/C16H18BrN3O/c1-10-3-6-14(17)8-15(10)19-9-13-5-4-12(7-11(13)2)16(18)20-21/h3-8,19,21H,9H2,1-2H3,(H2,18,20). The zero-order valence-corrected chi connectivity index (χ0v) is 13.6. The van der Waals surface area contributed by atoms with Crippen molar-refractivity contribution in [3.8, 4) is 0 Å². The highest BCUT2D eigenvalue weighted by molar-refractivity contribution is 9.10. The van der Waals surface area contributed by atoms with Crippen LogP contribution in [-0.2, 0) is 6.54 Å². The Kier molecular flexibility index (Phi) is 4.85. The topological polar surface area (TPSA) is 70.6 Å². The van der Waals surface area contributed by atoms with Gasteiger partial charge in [0, 0.05) is 22.3 Å². The molecule has 0 radical (unpaired) electrons. The molecule has 0 amide bonds. The van der Waals surface area contributed by atoms with E-state index in [2.05, 4.69) is 45.5 Å². The van der Waals surface area contributed by atoms with Crippen LogP contribution < -0.4 is 11.1 Å². The second-order valence-electron chi connectivity index (χ2n) is 4.94. The van der Waals surface area contributed by atoms with Gasteiger partial charge in [-0.2, -0.15) is 0 Å². The minimum atomic E-state index is 0.125. The van der Waals surface area contributed by atoms with Crippen LogP contribution in [0.1, 0.15) is 22.3 Å². The first-order valence-electron chi connectivity index (χ1n) is 6.58. The van der Waals surface area contributed by atoms with Gasteiger partial charge >= 0.3 is 0 Å². The van der Waals surface area contributed by atoms with E-state index < -0.39 is 0 Å². The van der Waals surface area contributed by atoms with Crippen LogP contribution in [-0.4, -0.2) is 11.0 Å². The van der Waals surface area contributed by atoms with Gasteiger partial charge in [-0.15, -0.1) is 0 Å². The smallest absolute Gasteiger partial charge is 0.170 e. The lowest BCUT2D eigenvalue weighted by molar-refractivity contribution is 0.318. The number of oxime groups is 1. The molecule has 0 aliphatic rings. The van der Waals surface area contributed by atoms with E-state index in [-0.39, 0.29) is 5.84 Å². The van der Waals surface area contributed by atoms with Crippen LogP contribution in [0.25, 0.3) is 0 Å². The molecule has 0 heterocycles. The van der Waals surface area contributed by atoms with E-state index in [0.717, 1.165) is 27.8 Å². The van der Waals surface area contributed by atoms with E-state index >= 15 is 0 Å². The zero-order chi connectivity index (χ0) is 15.4. The molecule has 21 heavy (non-hydrogen) atoms. The predicted molar refractivity (Wildman–Crippen MR) is 89.9 cm³/mol. The fourth-order valence-electron chi connectivity index (χ4n) is 2.09. The van der Waals surface area contributed by atoms with E-state index in [1.807, 2.05) is 31.2 Å². The number of halogens is 1. The molecule has 2 aromatic rings. The number of benzene rings is 2. The SMILES string of the molecule is Cc1cc(/C(N)=N/O)ccc1CNc1cc(Br)ccc1C. The molecule has 5 heteroatoms. The van der Waals surface area contributed by atoms with Crippen molar-refractivity contribution in [2.75, 3.05) is 5.32 Å². The monoisotopic (exact) mass is 347 g/mol. The van der Waals surface area contributed by atoms with Crippen molar-refractivity contribution in [1.82, 2.24) is 0 Å². The Morgan fingerprint density at radius 2 is 1.95 bits per heavy atom. The number of hydrogen-bond acceptors (Lipinski definition) is 3. The summed E-state index contributed by atoms with van der Waals surface area (Å²) < 4.78 is 1.05. The molecular formula is C16H18BrN3O. The van der Waals surface area contributed by atoms with Gasteiger partial charge in [-0.3, -0.25) is 0 Å². The van der Waals surface area contributed by atoms with Crippen LogP contribution in [0.2, 0.25) is 0 Å². The highest BCUT2D eigenvalue weighted by Crippen LogP contribution is 2.22. The Hall–Kier alpha value is -2.01. The summed E-state index contributed by atoms with van der Waals surface area (Å²) >= 11 is 3.48. The van der Waals surface area contributed by atoms with Crippen LogP contribution in [0.4, 0.5) is 5.69 Å². The molecule has 4 N–H and O–H groups in total. The highest BCUT2D eigenvalue weighted by Gasteiger charge is 2.05. The minimum Gasteiger partial charge on any atom is -0.409 e. The van der Waals surface area contributed by atoms with Crippen LogP contribution >= 0.6 is 15.9 Å². The minimum absolute atomic E-state index is 0.125. The first-order valence-corrected chi connectivity index (χ1v) is 7.38. The van der Waals surface area contributed by atoms with Gasteiger partial charge in [0.15, 0.2) is 5.84 Å². The summed E-state index contributed by atoms with van der Waals surface area (Å²) in [4.78, 5) is 0. The Morgan fingerprint density at radius 1 is 1.19 bits per heavy atom. The van der Waals surface area contributed by atoms with Gasteiger partial charge in [-0.1, -0.05) is 39.3 Å². The van der Waals surface area contributed by atoms with E-state index in [9.17, 15) is 0 Å². The molecule has 0 saturated heterocycles. The Morgan fingerprint density at radius 3 is 2.62 bits per heavy atom. The third-order valence-corrected chi connectivity index (χ3v) is 3.91. The first-order chi connectivity index (χ1) is 10.0. The average Bonchev–Trinajstić information content (AvgIpc) is 2.48. The number of nitrogens with two attached hydrogens (primary N) is 1. The molecule has 0 bridgehead atoms. The Labute approximate surface area is 132 Å². The molecule has 110 valence electrons. The van der Waals surface area contributed by atoms with Gasteiger partial charge in [-0.05, 0) is 48.7 Å². The fourth-order valence-corrected chi connectivity index (χ4v) is 2.45. The van der Waals surface area contributed by atoms with Crippen molar-refractivity contribution >= 4 is 27.5 Å². The lowest BCUT2D eigenvalue weighted by Gasteiger charge is -2.12. The van der Waals surface area contributed by atoms with Crippen LogP contribution in [0, 0.1) is 13.8 Å².